The summed E-state index contributed by atoms with van der Waals surface area (Å²) in [7, 11) is 2.01. The first-order valence-electron chi connectivity index (χ1n) is 13.5. The van der Waals surface area contributed by atoms with E-state index in [4.69, 9.17) is 24.5 Å². The first-order chi connectivity index (χ1) is 19.9. The van der Waals surface area contributed by atoms with Gasteiger partial charge in [0.15, 0.2) is 0 Å². The summed E-state index contributed by atoms with van der Waals surface area (Å²) in [5.41, 5.74) is 2.51. The number of benzene rings is 3. The van der Waals surface area contributed by atoms with E-state index in [1.165, 1.54) is 12.1 Å². The number of para-hydroxylation sites is 2. The number of carbonyl (C=O) groups excluding carboxylic acids is 1. The van der Waals surface area contributed by atoms with Crippen LogP contribution in [0.2, 0.25) is 0 Å². The maximum Gasteiger partial charge on any atom is 0.503 e. The van der Waals surface area contributed by atoms with Gasteiger partial charge < -0.3 is 29.9 Å². The number of amides is 1. The van der Waals surface area contributed by atoms with E-state index in [9.17, 15) is 18.0 Å². The van der Waals surface area contributed by atoms with Crippen LogP contribution < -0.4 is 19.7 Å². The van der Waals surface area contributed by atoms with Crippen LogP contribution in [0.25, 0.3) is 0 Å². The molecular formula is C31H33F3N2O6. The Morgan fingerprint density at radius 1 is 1.10 bits per heavy atom. The lowest BCUT2D eigenvalue weighted by molar-refractivity contribution is -0.136. The summed E-state index contributed by atoms with van der Waals surface area (Å²) in [5.74, 6) is 1.10. The van der Waals surface area contributed by atoms with Crippen LogP contribution in [0.4, 0.5) is 29.3 Å². The zero-order valence-electron chi connectivity index (χ0n) is 23.5. The van der Waals surface area contributed by atoms with Gasteiger partial charge >= 0.3 is 12.3 Å². The third-order valence-corrected chi connectivity index (χ3v) is 7.13. The number of likely N-dealkylation sites (N-methyl/N-ethyl adjacent to an activating group) is 1. The Hall–Kier alpha value is -4.41. The number of rotatable bonds is 7. The first-order valence-corrected chi connectivity index (χ1v) is 13.5. The minimum atomic E-state index is -4.57. The van der Waals surface area contributed by atoms with E-state index >= 15 is 0 Å². The number of anilines is 2. The van der Waals surface area contributed by atoms with Gasteiger partial charge in [-0.15, -0.1) is 0 Å². The molecule has 1 heterocycles. The van der Waals surface area contributed by atoms with Crippen molar-refractivity contribution in [2.75, 3.05) is 30.4 Å². The van der Waals surface area contributed by atoms with Crippen molar-refractivity contribution in [1.82, 2.24) is 0 Å². The number of carbonyl (C=O) groups is 2. The van der Waals surface area contributed by atoms with Gasteiger partial charge in [0.2, 0.25) is 0 Å². The predicted octanol–water partition coefficient (Wildman–Crippen LogP) is 7.20. The maximum atomic E-state index is 13.7. The molecule has 0 aromatic heterocycles. The Kier molecular flexibility index (Phi) is 9.18. The van der Waals surface area contributed by atoms with E-state index < -0.39 is 23.8 Å². The van der Waals surface area contributed by atoms with Crippen LogP contribution in [0.3, 0.4) is 0 Å². The molecule has 5 rings (SSSR count). The normalized spacial score (nSPS) is 16.0. The van der Waals surface area contributed by atoms with E-state index in [1.807, 2.05) is 38.2 Å². The Balaban J connectivity index is 0.000000952. The second-order valence-corrected chi connectivity index (χ2v) is 10.3. The van der Waals surface area contributed by atoms with Gasteiger partial charge in [0.05, 0.1) is 23.5 Å². The quantitative estimate of drug-likeness (QED) is 0.269. The highest BCUT2D eigenvalue weighted by Crippen LogP contribution is 2.44. The number of nitrogens with one attached hydrogen (secondary N) is 1. The van der Waals surface area contributed by atoms with E-state index in [2.05, 4.69) is 10.2 Å². The standard InChI is InChI=1S/C30H31F3N2O3.CH2O3/c1-4-19-14-22(37-17-23-16-35(3)26-7-5-6-8-27(26)38-23)13-18(2)28(19)29(36)34-25-15-21(20-9-10-20)11-12-24(25)30(31,32)33;2-1(3)4/h5-8,11-15,20,23H,4,9-10,16-17H2,1-3H3,(H,34,36);(H2,2,3,4)/t23-;/m0./s1. The molecule has 2 aliphatic rings. The van der Waals surface area contributed by atoms with Crippen molar-refractivity contribution in [1.29, 1.82) is 0 Å². The number of ether oxygens (including phenoxy) is 2. The molecule has 3 aromatic rings. The lowest BCUT2D eigenvalue weighted by Crippen LogP contribution is -2.41. The summed E-state index contributed by atoms with van der Waals surface area (Å²) in [4.78, 5) is 24.0. The Morgan fingerprint density at radius 3 is 2.43 bits per heavy atom. The van der Waals surface area contributed by atoms with Crippen LogP contribution >= 0.6 is 0 Å². The summed E-state index contributed by atoms with van der Waals surface area (Å²) >= 11 is 0. The fourth-order valence-electron chi connectivity index (χ4n) is 5.05. The largest absolute Gasteiger partial charge is 0.503 e. The van der Waals surface area contributed by atoms with E-state index in [0.29, 0.717) is 42.0 Å². The zero-order valence-corrected chi connectivity index (χ0v) is 23.5. The minimum Gasteiger partial charge on any atom is -0.490 e. The maximum absolute atomic E-state index is 13.7. The van der Waals surface area contributed by atoms with Crippen molar-refractivity contribution in [2.45, 2.75) is 51.3 Å². The van der Waals surface area contributed by atoms with Crippen LogP contribution in [0.1, 0.15) is 58.3 Å². The fraction of sp³-hybridized carbons (Fsp3) is 0.355. The molecule has 0 unspecified atom stereocenters. The Morgan fingerprint density at radius 2 is 1.79 bits per heavy atom. The molecule has 1 aliphatic heterocycles. The van der Waals surface area contributed by atoms with Crippen LogP contribution in [-0.4, -0.2) is 48.6 Å². The van der Waals surface area contributed by atoms with Gasteiger partial charge in [-0.05, 0) is 85.2 Å². The Bertz CT molecular complexity index is 1450. The van der Waals surface area contributed by atoms with Crippen molar-refractivity contribution in [2.24, 2.45) is 0 Å². The number of nitrogens with zero attached hydrogens (tertiary/aromatic N) is 1. The van der Waals surface area contributed by atoms with Crippen LogP contribution in [0, 0.1) is 6.92 Å². The number of alkyl halides is 3. The number of aryl methyl sites for hydroxylation is 2. The second-order valence-electron chi connectivity index (χ2n) is 10.3. The molecule has 224 valence electrons. The van der Waals surface area contributed by atoms with Crippen molar-refractivity contribution >= 4 is 23.4 Å². The molecule has 1 fully saturated rings. The van der Waals surface area contributed by atoms with E-state index in [1.54, 1.807) is 19.1 Å². The molecule has 1 atom stereocenters. The van der Waals surface area contributed by atoms with Gasteiger partial charge in [0, 0.05) is 12.6 Å². The van der Waals surface area contributed by atoms with Crippen LogP contribution in [0.15, 0.2) is 54.6 Å². The number of hydrogen-bond donors (Lipinski definition) is 3. The van der Waals surface area contributed by atoms with Gasteiger partial charge in [-0.3, -0.25) is 4.79 Å². The van der Waals surface area contributed by atoms with Crippen molar-refractivity contribution < 1.29 is 42.4 Å². The number of halogens is 3. The number of carboxylic acid groups (broad SMARTS) is 2. The molecule has 1 aliphatic carbocycles. The highest BCUT2D eigenvalue weighted by atomic mass is 19.4. The lowest BCUT2D eigenvalue weighted by Gasteiger charge is -2.33. The van der Waals surface area contributed by atoms with Crippen LogP contribution in [0.5, 0.6) is 11.5 Å². The third kappa shape index (κ3) is 7.45. The second kappa shape index (κ2) is 12.6. The molecule has 1 saturated carbocycles. The first kappa shape index (κ1) is 30.5. The highest BCUT2D eigenvalue weighted by molar-refractivity contribution is 6.07. The zero-order chi connectivity index (χ0) is 30.6. The monoisotopic (exact) mass is 586 g/mol. The summed E-state index contributed by atoms with van der Waals surface area (Å²) in [5, 5.41) is 16.5. The topological polar surface area (TPSA) is 108 Å². The molecule has 0 radical (unpaired) electrons. The van der Waals surface area contributed by atoms with E-state index in [0.717, 1.165) is 35.9 Å². The molecule has 11 heteroatoms. The number of hydrogen-bond acceptors (Lipinski definition) is 5. The van der Waals surface area contributed by atoms with Crippen LogP contribution in [-0.2, 0) is 12.6 Å². The van der Waals surface area contributed by atoms with E-state index in [-0.39, 0.29) is 17.7 Å². The van der Waals surface area contributed by atoms with Gasteiger partial charge in [0.25, 0.3) is 5.91 Å². The average molecular weight is 587 g/mol. The summed E-state index contributed by atoms with van der Waals surface area (Å²) in [6, 6.07) is 15.4. The van der Waals surface area contributed by atoms with Gasteiger partial charge in [-0.25, -0.2) is 4.79 Å². The summed E-state index contributed by atoms with van der Waals surface area (Å²) in [6.45, 7) is 4.65. The smallest absolute Gasteiger partial charge is 0.490 e. The van der Waals surface area contributed by atoms with Gasteiger partial charge in [-0.1, -0.05) is 25.1 Å². The van der Waals surface area contributed by atoms with Crippen molar-refractivity contribution in [3.63, 3.8) is 0 Å². The summed E-state index contributed by atoms with van der Waals surface area (Å²) < 4.78 is 53.2. The highest BCUT2D eigenvalue weighted by Gasteiger charge is 2.35. The summed E-state index contributed by atoms with van der Waals surface area (Å²) in [6.07, 6.45) is -4.16. The third-order valence-electron chi connectivity index (χ3n) is 7.13. The van der Waals surface area contributed by atoms with Crippen molar-refractivity contribution in [3.05, 3.63) is 82.4 Å². The molecule has 8 nitrogen and oxygen atoms in total. The Labute approximate surface area is 241 Å². The molecule has 0 saturated heterocycles. The molecule has 1 amide bonds. The minimum absolute atomic E-state index is 0.178. The predicted molar refractivity (Wildman–Crippen MR) is 152 cm³/mol. The molecule has 3 N–H and O–H groups in total. The van der Waals surface area contributed by atoms with Crippen molar-refractivity contribution in [3.8, 4) is 11.5 Å². The van der Waals surface area contributed by atoms with Gasteiger partial charge in [-0.2, -0.15) is 13.2 Å². The average Bonchev–Trinajstić information content (AvgIpc) is 3.76. The number of fused-ring (bicyclic) bond motifs is 1. The molecule has 0 spiro atoms. The molecule has 0 bridgehead atoms. The lowest BCUT2D eigenvalue weighted by atomic mass is 9.98. The molecule has 42 heavy (non-hydrogen) atoms. The molecular weight excluding hydrogens is 553 g/mol. The SMILES string of the molecule is CCc1cc(OC[C@@H]2CN(C)c3ccccc3O2)cc(C)c1C(=O)Nc1cc(C2CC2)ccc1C(F)(F)F.O=C(O)O. The molecule has 3 aromatic carbocycles. The fourth-order valence-corrected chi connectivity index (χ4v) is 5.05. The van der Waals surface area contributed by atoms with Gasteiger partial charge in [0.1, 0.15) is 24.2 Å².